The summed E-state index contributed by atoms with van der Waals surface area (Å²) in [7, 11) is 4.55. The third kappa shape index (κ3) is 4.14. The van der Waals surface area contributed by atoms with Crippen LogP contribution in [0.15, 0.2) is 23.8 Å². The number of fused-ring (bicyclic) bond motifs is 1. The van der Waals surface area contributed by atoms with Gasteiger partial charge in [-0.3, -0.25) is 0 Å². The fraction of sp³-hybridized carbons (Fsp3) is 0.640. The van der Waals surface area contributed by atoms with Crippen LogP contribution >= 0.6 is 0 Å². The highest BCUT2D eigenvalue weighted by atomic mass is 16.5. The number of carbonyl (C=O) groups is 1. The van der Waals surface area contributed by atoms with Crippen LogP contribution in [0.5, 0.6) is 17.2 Å². The maximum Gasteiger partial charge on any atom is 0.338 e. The standard InChI is InChI=1S/C25H36O6/c1-15(2)25(27)11-10-24(4)9-8-16(3)12-20(22(24)25)31-23(26)17-13-18(28-5)21(30-7)19(14-17)29-6/h8,13-15,20,22,27H,9-12H2,1-7H3/t20-,22-,24-,25+/m0/s1. The van der Waals surface area contributed by atoms with Crippen molar-refractivity contribution in [3.8, 4) is 17.2 Å². The van der Waals surface area contributed by atoms with E-state index in [2.05, 4.69) is 33.8 Å². The first-order chi connectivity index (χ1) is 14.6. The summed E-state index contributed by atoms with van der Waals surface area (Å²) >= 11 is 0. The molecule has 0 amide bonds. The van der Waals surface area contributed by atoms with E-state index in [0.29, 0.717) is 29.2 Å². The molecule has 0 saturated heterocycles. The number of rotatable bonds is 6. The van der Waals surface area contributed by atoms with Gasteiger partial charge < -0.3 is 24.1 Å². The van der Waals surface area contributed by atoms with E-state index in [1.54, 1.807) is 12.1 Å². The fourth-order valence-corrected chi connectivity index (χ4v) is 5.49. The molecule has 172 valence electrons. The van der Waals surface area contributed by atoms with Gasteiger partial charge in [-0.1, -0.05) is 32.4 Å². The Morgan fingerprint density at radius 1 is 1.10 bits per heavy atom. The number of carbonyl (C=O) groups excluding carboxylic acids is 1. The van der Waals surface area contributed by atoms with Gasteiger partial charge in [-0.05, 0) is 49.7 Å². The van der Waals surface area contributed by atoms with Crippen molar-refractivity contribution in [2.24, 2.45) is 17.3 Å². The topological polar surface area (TPSA) is 74.2 Å². The molecule has 2 aliphatic carbocycles. The van der Waals surface area contributed by atoms with Crippen molar-refractivity contribution in [3.05, 3.63) is 29.3 Å². The quantitative estimate of drug-likeness (QED) is 0.515. The summed E-state index contributed by atoms with van der Waals surface area (Å²) in [6.45, 7) is 8.39. The molecule has 0 aliphatic heterocycles. The lowest BCUT2D eigenvalue weighted by Gasteiger charge is -2.43. The van der Waals surface area contributed by atoms with Gasteiger partial charge in [-0.25, -0.2) is 4.79 Å². The van der Waals surface area contributed by atoms with E-state index in [9.17, 15) is 9.90 Å². The number of esters is 1. The molecule has 1 fully saturated rings. The van der Waals surface area contributed by atoms with Crippen LogP contribution in [-0.2, 0) is 4.74 Å². The second kappa shape index (κ2) is 8.73. The molecular weight excluding hydrogens is 396 g/mol. The summed E-state index contributed by atoms with van der Waals surface area (Å²) in [5.74, 6) is 0.691. The first-order valence-electron chi connectivity index (χ1n) is 11.0. The monoisotopic (exact) mass is 432 g/mol. The maximum absolute atomic E-state index is 13.3. The Kier molecular flexibility index (Phi) is 6.61. The van der Waals surface area contributed by atoms with Crippen molar-refractivity contribution >= 4 is 5.97 Å². The van der Waals surface area contributed by atoms with E-state index in [4.69, 9.17) is 18.9 Å². The number of methoxy groups -OCH3 is 3. The minimum absolute atomic E-state index is 0.0695. The maximum atomic E-state index is 13.3. The highest BCUT2D eigenvalue weighted by molar-refractivity contribution is 5.91. The van der Waals surface area contributed by atoms with Crippen LogP contribution in [0.3, 0.4) is 0 Å². The molecule has 0 bridgehead atoms. The molecule has 0 heterocycles. The Morgan fingerprint density at radius 2 is 1.71 bits per heavy atom. The first-order valence-corrected chi connectivity index (χ1v) is 11.0. The molecule has 3 rings (SSSR count). The van der Waals surface area contributed by atoms with E-state index in [0.717, 1.165) is 19.3 Å². The second-order valence-electron chi connectivity index (χ2n) is 9.59. The van der Waals surface area contributed by atoms with Crippen molar-refractivity contribution in [1.82, 2.24) is 0 Å². The first kappa shape index (κ1) is 23.5. The van der Waals surface area contributed by atoms with Crippen molar-refractivity contribution in [3.63, 3.8) is 0 Å². The molecule has 0 spiro atoms. The third-order valence-electron chi connectivity index (χ3n) is 7.36. The lowest BCUT2D eigenvalue weighted by atomic mass is 9.67. The summed E-state index contributed by atoms with van der Waals surface area (Å²) in [5, 5.41) is 11.7. The Morgan fingerprint density at radius 3 is 2.23 bits per heavy atom. The van der Waals surface area contributed by atoms with Gasteiger partial charge in [-0.2, -0.15) is 0 Å². The molecule has 0 radical (unpaired) electrons. The molecule has 1 N–H and O–H groups in total. The van der Waals surface area contributed by atoms with Gasteiger partial charge in [0.2, 0.25) is 5.75 Å². The van der Waals surface area contributed by atoms with Crippen LogP contribution in [0.1, 0.15) is 63.7 Å². The van der Waals surface area contributed by atoms with Crippen molar-refractivity contribution in [1.29, 1.82) is 0 Å². The van der Waals surface area contributed by atoms with E-state index in [1.165, 1.54) is 26.9 Å². The SMILES string of the molecule is COc1cc(C(=O)O[C@H]2CC(C)=CC[C@@]3(C)CC[C@@](O)(C(C)C)[C@@H]23)cc(OC)c1OC. The number of hydrogen-bond acceptors (Lipinski definition) is 6. The van der Waals surface area contributed by atoms with Gasteiger partial charge in [-0.15, -0.1) is 0 Å². The fourth-order valence-electron chi connectivity index (χ4n) is 5.49. The Bertz CT molecular complexity index is 835. The zero-order valence-corrected chi connectivity index (χ0v) is 19.8. The highest BCUT2D eigenvalue weighted by Crippen LogP contribution is 2.58. The molecule has 0 aromatic heterocycles. The summed E-state index contributed by atoms with van der Waals surface area (Å²) < 4.78 is 22.3. The molecular formula is C25H36O6. The van der Waals surface area contributed by atoms with Gasteiger partial charge >= 0.3 is 5.97 Å². The zero-order chi connectivity index (χ0) is 23.0. The molecule has 1 saturated carbocycles. The Labute approximate surface area is 185 Å². The highest BCUT2D eigenvalue weighted by Gasteiger charge is 2.59. The van der Waals surface area contributed by atoms with E-state index >= 15 is 0 Å². The Balaban J connectivity index is 1.97. The molecule has 6 heteroatoms. The van der Waals surface area contributed by atoms with Crippen LogP contribution in [0.4, 0.5) is 0 Å². The minimum Gasteiger partial charge on any atom is -0.493 e. The van der Waals surface area contributed by atoms with Gasteiger partial charge in [0.15, 0.2) is 11.5 Å². The predicted molar refractivity (Wildman–Crippen MR) is 119 cm³/mol. The largest absolute Gasteiger partial charge is 0.493 e. The van der Waals surface area contributed by atoms with E-state index in [1.807, 2.05) is 0 Å². The van der Waals surface area contributed by atoms with Gasteiger partial charge in [0, 0.05) is 12.3 Å². The lowest BCUT2D eigenvalue weighted by molar-refractivity contribution is -0.112. The molecule has 0 unspecified atom stereocenters. The molecule has 1 aromatic rings. The Hall–Kier alpha value is -2.21. The lowest BCUT2D eigenvalue weighted by Crippen LogP contribution is -2.50. The number of ether oxygens (including phenoxy) is 4. The molecule has 2 aliphatic rings. The van der Waals surface area contributed by atoms with E-state index in [-0.39, 0.29) is 17.3 Å². The van der Waals surface area contributed by atoms with Gasteiger partial charge in [0.1, 0.15) is 6.10 Å². The van der Waals surface area contributed by atoms with Crippen LogP contribution < -0.4 is 14.2 Å². The second-order valence-corrected chi connectivity index (χ2v) is 9.59. The minimum atomic E-state index is -0.868. The molecule has 4 atom stereocenters. The number of benzene rings is 1. The molecule has 1 aromatic carbocycles. The van der Waals surface area contributed by atoms with Crippen LogP contribution in [0, 0.1) is 17.3 Å². The van der Waals surface area contributed by atoms with Crippen molar-refractivity contribution < 1.29 is 28.8 Å². The van der Waals surface area contributed by atoms with Crippen LogP contribution in [0.2, 0.25) is 0 Å². The smallest absolute Gasteiger partial charge is 0.338 e. The van der Waals surface area contributed by atoms with Gasteiger partial charge in [0.05, 0.1) is 32.5 Å². The van der Waals surface area contributed by atoms with Crippen LogP contribution in [-0.4, -0.2) is 44.1 Å². The average molecular weight is 433 g/mol. The summed E-state index contributed by atoms with van der Waals surface area (Å²) in [6, 6.07) is 3.21. The number of aliphatic hydroxyl groups is 1. The number of hydrogen-bond donors (Lipinski definition) is 1. The van der Waals surface area contributed by atoms with E-state index < -0.39 is 17.7 Å². The number of allylic oxidation sites excluding steroid dienone is 1. The van der Waals surface area contributed by atoms with Crippen LogP contribution in [0.25, 0.3) is 0 Å². The third-order valence-corrected chi connectivity index (χ3v) is 7.36. The average Bonchev–Trinajstić information content (AvgIpc) is 2.95. The van der Waals surface area contributed by atoms with Gasteiger partial charge in [0.25, 0.3) is 0 Å². The summed E-state index contributed by atoms with van der Waals surface area (Å²) in [5.41, 5.74) is 0.530. The molecule has 6 nitrogen and oxygen atoms in total. The van der Waals surface area contributed by atoms with Crippen molar-refractivity contribution in [2.75, 3.05) is 21.3 Å². The molecule has 31 heavy (non-hydrogen) atoms. The predicted octanol–water partition coefficient (Wildman–Crippen LogP) is 4.78. The summed E-state index contributed by atoms with van der Waals surface area (Å²) in [6.07, 6.45) is 4.96. The zero-order valence-electron chi connectivity index (χ0n) is 19.8. The van der Waals surface area contributed by atoms with Crippen molar-refractivity contribution in [2.45, 2.75) is 65.1 Å². The summed E-state index contributed by atoms with van der Waals surface area (Å²) in [4.78, 5) is 13.3. The normalized spacial score (nSPS) is 30.3.